The number of benzene rings is 1. The van der Waals surface area contributed by atoms with Gasteiger partial charge in [-0.2, -0.15) is 4.89 Å². The molecule has 0 fully saturated rings. The quantitative estimate of drug-likeness (QED) is 0.408. The van der Waals surface area contributed by atoms with Gasteiger partial charge < -0.3 is 14.2 Å². The fraction of sp³-hybridized carbons (Fsp3) is 0.462. The molecule has 0 bridgehead atoms. The van der Waals surface area contributed by atoms with Crippen LogP contribution in [0.15, 0.2) is 18.2 Å². The summed E-state index contributed by atoms with van der Waals surface area (Å²) in [6.45, 7) is 2.97. The third-order valence-corrected chi connectivity index (χ3v) is 2.28. The summed E-state index contributed by atoms with van der Waals surface area (Å²) in [5, 5.41) is 0. The van der Waals surface area contributed by atoms with E-state index < -0.39 is 5.97 Å². The number of hydrogen-bond donors (Lipinski definition) is 0. The molecular formula is C13H18O6. The molecule has 0 spiro atoms. The molecule has 0 atom stereocenters. The van der Waals surface area contributed by atoms with Gasteiger partial charge in [0.1, 0.15) is 23.7 Å². The number of carbonyl (C=O) groups is 1. The highest BCUT2D eigenvalue weighted by atomic mass is 17.2. The molecule has 0 radical (unpaired) electrons. The lowest BCUT2D eigenvalue weighted by Crippen LogP contribution is -2.12. The monoisotopic (exact) mass is 270 g/mol. The number of hydrogen-bond acceptors (Lipinski definition) is 6. The molecule has 0 saturated heterocycles. The first-order valence-corrected chi connectivity index (χ1v) is 5.87. The first-order chi connectivity index (χ1) is 9.24. The van der Waals surface area contributed by atoms with Crippen LogP contribution in [0.4, 0.5) is 0 Å². The van der Waals surface area contributed by atoms with Crippen molar-refractivity contribution in [2.75, 3.05) is 34.0 Å². The molecule has 1 aromatic rings. The summed E-state index contributed by atoms with van der Waals surface area (Å²) >= 11 is 0. The Hall–Kier alpha value is -1.79. The van der Waals surface area contributed by atoms with Gasteiger partial charge in [0.25, 0.3) is 0 Å². The van der Waals surface area contributed by atoms with Crippen molar-refractivity contribution < 1.29 is 28.8 Å². The summed E-state index contributed by atoms with van der Waals surface area (Å²) < 4.78 is 15.2. The second-order valence-electron chi connectivity index (χ2n) is 3.43. The fourth-order valence-electron chi connectivity index (χ4n) is 1.43. The van der Waals surface area contributed by atoms with Crippen molar-refractivity contribution in [2.24, 2.45) is 0 Å². The first-order valence-electron chi connectivity index (χ1n) is 5.87. The summed E-state index contributed by atoms with van der Waals surface area (Å²) in [5.41, 5.74) is 0.184. The smallest absolute Gasteiger partial charge is 0.380 e. The lowest BCUT2D eigenvalue weighted by atomic mass is 10.2. The van der Waals surface area contributed by atoms with Gasteiger partial charge >= 0.3 is 5.97 Å². The Balaban J connectivity index is 2.65. The maximum atomic E-state index is 11.9. The zero-order valence-corrected chi connectivity index (χ0v) is 11.3. The predicted molar refractivity (Wildman–Crippen MR) is 67.4 cm³/mol. The van der Waals surface area contributed by atoms with Crippen LogP contribution in [0.2, 0.25) is 0 Å². The Bertz CT molecular complexity index is 382. The summed E-state index contributed by atoms with van der Waals surface area (Å²) in [7, 11) is 2.92. The molecule has 0 N–H and O–H groups in total. The number of methoxy groups -OCH3 is 2. The van der Waals surface area contributed by atoms with Crippen molar-refractivity contribution >= 4 is 5.97 Å². The molecule has 19 heavy (non-hydrogen) atoms. The van der Waals surface area contributed by atoms with Crippen LogP contribution in [0.25, 0.3) is 0 Å². The van der Waals surface area contributed by atoms with Crippen LogP contribution < -0.4 is 9.47 Å². The molecule has 1 aromatic carbocycles. The maximum absolute atomic E-state index is 11.9. The minimum Gasteiger partial charge on any atom is -0.496 e. The second-order valence-corrected chi connectivity index (χ2v) is 3.43. The van der Waals surface area contributed by atoms with Crippen LogP contribution in [0.5, 0.6) is 11.5 Å². The van der Waals surface area contributed by atoms with E-state index in [0.29, 0.717) is 24.7 Å². The van der Waals surface area contributed by atoms with E-state index in [1.54, 1.807) is 18.2 Å². The summed E-state index contributed by atoms with van der Waals surface area (Å²) in [4.78, 5) is 21.3. The van der Waals surface area contributed by atoms with Crippen LogP contribution in [0, 0.1) is 0 Å². The van der Waals surface area contributed by atoms with Gasteiger partial charge in [-0.3, -0.25) is 4.89 Å². The summed E-state index contributed by atoms with van der Waals surface area (Å²) in [6, 6.07) is 4.99. The average molecular weight is 270 g/mol. The molecule has 0 amide bonds. The SMILES string of the molecule is CCOCCOOC(=O)c1c(OC)cccc1OC. The molecule has 0 unspecified atom stereocenters. The van der Waals surface area contributed by atoms with Crippen LogP contribution in [0.1, 0.15) is 17.3 Å². The van der Waals surface area contributed by atoms with Crippen molar-refractivity contribution in [3.63, 3.8) is 0 Å². The van der Waals surface area contributed by atoms with E-state index >= 15 is 0 Å². The molecule has 106 valence electrons. The number of ether oxygens (including phenoxy) is 3. The summed E-state index contributed by atoms with van der Waals surface area (Å²) in [6.07, 6.45) is 0. The Kier molecular flexibility index (Phi) is 6.70. The zero-order chi connectivity index (χ0) is 14.1. The topological polar surface area (TPSA) is 63.2 Å². The van der Waals surface area contributed by atoms with E-state index in [4.69, 9.17) is 19.1 Å². The van der Waals surface area contributed by atoms with Crippen LogP contribution in [0.3, 0.4) is 0 Å². The van der Waals surface area contributed by atoms with Crippen LogP contribution >= 0.6 is 0 Å². The Morgan fingerprint density at radius 3 is 2.26 bits per heavy atom. The van der Waals surface area contributed by atoms with Crippen molar-refractivity contribution in [3.05, 3.63) is 23.8 Å². The number of rotatable bonds is 8. The van der Waals surface area contributed by atoms with Gasteiger partial charge in [0.15, 0.2) is 0 Å². The van der Waals surface area contributed by atoms with Crippen LogP contribution in [-0.2, 0) is 14.5 Å². The van der Waals surface area contributed by atoms with Gasteiger partial charge in [0.2, 0.25) is 0 Å². The normalized spacial score (nSPS) is 10.1. The van der Waals surface area contributed by atoms with E-state index in [0.717, 1.165) is 0 Å². The summed E-state index contributed by atoms with van der Waals surface area (Å²) in [5.74, 6) is 0.0429. The Morgan fingerprint density at radius 1 is 1.11 bits per heavy atom. The minimum atomic E-state index is -0.675. The van der Waals surface area contributed by atoms with Gasteiger partial charge in [0, 0.05) is 6.61 Å². The standard InChI is InChI=1S/C13H18O6/c1-4-17-8-9-18-19-13(14)12-10(15-2)6-5-7-11(12)16-3/h5-7H,4,8-9H2,1-3H3. The molecule has 0 aliphatic rings. The lowest BCUT2D eigenvalue weighted by molar-refractivity contribution is -0.247. The van der Waals surface area contributed by atoms with E-state index in [2.05, 4.69) is 4.89 Å². The van der Waals surface area contributed by atoms with Gasteiger partial charge in [-0.25, -0.2) is 4.79 Å². The third kappa shape index (κ3) is 4.42. The average Bonchev–Trinajstić information content (AvgIpc) is 2.45. The predicted octanol–water partition coefficient (Wildman–Crippen LogP) is 1.83. The van der Waals surface area contributed by atoms with Crippen molar-refractivity contribution in [2.45, 2.75) is 6.92 Å². The molecule has 0 heterocycles. The highest BCUT2D eigenvalue weighted by molar-refractivity contribution is 5.95. The highest BCUT2D eigenvalue weighted by Crippen LogP contribution is 2.28. The maximum Gasteiger partial charge on any atom is 0.380 e. The molecule has 1 rings (SSSR count). The van der Waals surface area contributed by atoms with E-state index in [1.165, 1.54) is 14.2 Å². The first kappa shape index (κ1) is 15.3. The largest absolute Gasteiger partial charge is 0.496 e. The van der Waals surface area contributed by atoms with Gasteiger partial charge in [-0.15, -0.1) is 0 Å². The van der Waals surface area contributed by atoms with E-state index in [9.17, 15) is 4.79 Å². The van der Waals surface area contributed by atoms with Gasteiger partial charge in [-0.05, 0) is 19.1 Å². The highest BCUT2D eigenvalue weighted by Gasteiger charge is 2.20. The fourth-order valence-corrected chi connectivity index (χ4v) is 1.43. The van der Waals surface area contributed by atoms with E-state index in [-0.39, 0.29) is 12.2 Å². The molecular weight excluding hydrogens is 252 g/mol. The van der Waals surface area contributed by atoms with Crippen LogP contribution in [-0.4, -0.2) is 40.0 Å². The Morgan fingerprint density at radius 2 is 1.74 bits per heavy atom. The molecule has 0 aliphatic heterocycles. The van der Waals surface area contributed by atoms with Crippen molar-refractivity contribution in [1.82, 2.24) is 0 Å². The van der Waals surface area contributed by atoms with Gasteiger partial charge in [-0.1, -0.05) is 6.07 Å². The minimum absolute atomic E-state index is 0.164. The van der Waals surface area contributed by atoms with E-state index in [1.807, 2.05) is 6.92 Å². The number of carbonyl (C=O) groups excluding carboxylic acids is 1. The third-order valence-electron chi connectivity index (χ3n) is 2.28. The molecule has 0 aromatic heterocycles. The Labute approximate surface area is 112 Å². The van der Waals surface area contributed by atoms with Gasteiger partial charge in [0.05, 0.1) is 20.8 Å². The molecule has 6 nitrogen and oxygen atoms in total. The molecule has 0 saturated carbocycles. The molecule has 6 heteroatoms. The lowest BCUT2D eigenvalue weighted by Gasteiger charge is -2.11. The van der Waals surface area contributed by atoms with Crippen molar-refractivity contribution in [1.29, 1.82) is 0 Å². The zero-order valence-electron chi connectivity index (χ0n) is 11.3. The second kappa shape index (κ2) is 8.34. The van der Waals surface area contributed by atoms with Crippen molar-refractivity contribution in [3.8, 4) is 11.5 Å². The molecule has 0 aliphatic carbocycles.